The minimum Gasteiger partial charge on any atom is -0.444 e. The first-order valence-electron chi connectivity index (χ1n) is 16.1. The van der Waals surface area contributed by atoms with Crippen LogP contribution in [0, 0.1) is 17.2 Å². The van der Waals surface area contributed by atoms with Gasteiger partial charge in [0.15, 0.2) is 0 Å². The molecular formula is C25H34N4O4. The van der Waals surface area contributed by atoms with Crippen molar-refractivity contribution in [1.82, 2.24) is 15.5 Å². The van der Waals surface area contributed by atoms with Crippen molar-refractivity contribution in [2.75, 3.05) is 6.50 Å². The Balaban J connectivity index is 2.06. The number of carbonyl (C=O) groups is 3. The Morgan fingerprint density at radius 1 is 1.30 bits per heavy atom. The molecule has 8 heteroatoms. The summed E-state index contributed by atoms with van der Waals surface area (Å²) < 4.78 is 96.1. The van der Waals surface area contributed by atoms with E-state index in [1.165, 1.54) is 6.07 Å². The topological polar surface area (TPSA) is 112 Å². The summed E-state index contributed by atoms with van der Waals surface area (Å²) in [6.07, 6.45) is -1.48. The fourth-order valence-electron chi connectivity index (χ4n) is 3.52. The van der Waals surface area contributed by atoms with E-state index in [1.54, 1.807) is 26.1 Å². The largest absolute Gasteiger partial charge is 0.444 e. The van der Waals surface area contributed by atoms with Crippen molar-refractivity contribution >= 4 is 17.9 Å². The first-order valence-corrected chi connectivity index (χ1v) is 10.6. The van der Waals surface area contributed by atoms with Crippen molar-refractivity contribution in [3.63, 3.8) is 0 Å². The SMILES string of the molecule is [2H]c1c([2H])c(C([2H])([2H])NC(=O)[C@@]2([2H])N(C(=O)[C@H](NC(=O)OC(C)(C)C)C3CCCCC3)C([2H])([2H])C2([2H])[2H])c([2H])c([2H])c1C#N. The Bertz CT molecular complexity index is 1370. The summed E-state index contributed by atoms with van der Waals surface area (Å²) in [7, 11) is 0. The summed E-state index contributed by atoms with van der Waals surface area (Å²) in [5, 5.41) is 13.2. The molecule has 2 fully saturated rings. The third-order valence-electron chi connectivity index (χ3n) is 5.04. The van der Waals surface area contributed by atoms with E-state index < -0.39 is 96.1 Å². The van der Waals surface area contributed by atoms with Gasteiger partial charge >= 0.3 is 6.09 Å². The number of alkyl carbamates (subject to hydrolysis) is 1. The summed E-state index contributed by atoms with van der Waals surface area (Å²) >= 11 is 0. The highest BCUT2D eigenvalue weighted by Crippen LogP contribution is 2.30. The Labute approximate surface area is 211 Å². The number of rotatable bonds is 6. The van der Waals surface area contributed by atoms with Gasteiger partial charge in [-0.3, -0.25) is 9.59 Å². The highest BCUT2D eigenvalue weighted by Gasteiger charge is 2.43. The van der Waals surface area contributed by atoms with Gasteiger partial charge in [-0.15, -0.1) is 0 Å². The number of benzene rings is 1. The molecule has 2 aliphatic rings. The van der Waals surface area contributed by atoms with E-state index in [2.05, 4.69) is 5.32 Å². The van der Waals surface area contributed by atoms with Crippen LogP contribution in [0.1, 0.15) is 85.5 Å². The number of nitrogens with zero attached hydrogens (tertiary/aromatic N) is 2. The van der Waals surface area contributed by atoms with Crippen molar-refractivity contribution in [2.45, 2.75) is 83.4 Å². The van der Waals surface area contributed by atoms with E-state index in [-0.39, 0.29) is 4.90 Å². The maximum Gasteiger partial charge on any atom is 0.408 e. The first-order chi connectivity index (χ1) is 20.0. The lowest BCUT2D eigenvalue weighted by Gasteiger charge is -2.43. The van der Waals surface area contributed by atoms with Gasteiger partial charge in [0, 0.05) is 18.5 Å². The third kappa shape index (κ3) is 6.70. The number of hydrogen-bond acceptors (Lipinski definition) is 5. The van der Waals surface area contributed by atoms with Crippen LogP contribution in [0.25, 0.3) is 0 Å². The highest BCUT2D eigenvalue weighted by atomic mass is 16.6. The second-order valence-electron chi connectivity index (χ2n) is 8.72. The molecule has 1 aromatic carbocycles. The molecule has 3 amide bonds. The molecule has 1 aromatic rings. The lowest BCUT2D eigenvalue weighted by atomic mass is 9.82. The van der Waals surface area contributed by atoms with Crippen molar-refractivity contribution in [3.8, 4) is 6.07 Å². The van der Waals surface area contributed by atoms with Gasteiger partial charge < -0.3 is 20.3 Å². The second-order valence-corrected chi connectivity index (χ2v) is 8.72. The minimum atomic E-state index is -3.45. The molecular weight excluding hydrogens is 420 g/mol. The third-order valence-corrected chi connectivity index (χ3v) is 5.04. The molecule has 33 heavy (non-hydrogen) atoms. The molecule has 0 radical (unpaired) electrons. The number of nitrogens with one attached hydrogen (secondary N) is 2. The maximum atomic E-state index is 14.0. The lowest BCUT2D eigenvalue weighted by Crippen LogP contribution is -2.63. The number of hydrogen-bond donors (Lipinski definition) is 2. The van der Waals surface area contributed by atoms with Gasteiger partial charge in [0.05, 0.1) is 21.2 Å². The molecule has 0 spiro atoms. The van der Waals surface area contributed by atoms with Gasteiger partial charge in [0.2, 0.25) is 11.8 Å². The quantitative estimate of drug-likeness (QED) is 0.670. The smallest absolute Gasteiger partial charge is 0.408 e. The fourth-order valence-corrected chi connectivity index (χ4v) is 3.52. The molecule has 1 saturated carbocycles. The Morgan fingerprint density at radius 2 is 1.97 bits per heavy atom. The van der Waals surface area contributed by atoms with Crippen LogP contribution in [-0.4, -0.2) is 47.0 Å². The predicted octanol–water partition coefficient (Wildman–Crippen LogP) is 3.25. The average molecular weight is 466 g/mol. The zero-order valence-corrected chi connectivity index (χ0v) is 18.7. The van der Waals surface area contributed by atoms with E-state index >= 15 is 0 Å². The van der Waals surface area contributed by atoms with Crippen molar-refractivity contribution < 1.29 is 34.2 Å². The predicted molar refractivity (Wildman–Crippen MR) is 123 cm³/mol. The van der Waals surface area contributed by atoms with Crippen LogP contribution in [-0.2, 0) is 20.8 Å². The van der Waals surface area contributed by atoms with Crippen LogP contribution in [0.2, 0.25) is 0 Å². The molecule has 8 nitrogen and oxygen atoms in total. The summed E-state index contributed by atoms with van der Waals surface area (Å²) in [6, 6.07) is -7.35. The van der Waals surface area contributed by atoms with E-state index in [4.69, 9.17) is 19.8 Å². The van der Waals surface area contributed by atoms with Crippen LogP contribution in [0.4, 0.5) is 4.79 Å². The van der Waals surface area contributed by atoms with Crippen LogP contribution in [0.5, 0.6) is 0 Å². The van der Waals surface area contributed by atoms with Crippen LogP contribution >= 0.6 is 0 Å². The van der Waals surface area contributed by atoms with Gasteiger partial charge in [0.25, 0.3) is 0 Å². The van der Waals surface area contributed by atoms with Crippen LogP contribution < -0.4 is 10.6 Å². The normalized spacial score (nSPS) is 30.1. The Hall–Kier alpha value is -3.08. The zero-order chi connectivity index (χ0) is 33.8. The van der Waals surface area contributed by atoms with Gasteiger partial charge in [-0.25, -0.2) is 4.79 Å². The molecule has 0 unspecified atom stereocenters. The van der Waals surface area contributed by atoms with Crippen molar-refractivity contribution in [1.29, 1.82) is 5.26 Å². The molecule has 178 valence electrons. The number of amides is 3. The zero-order valence-electron chi connectivity index (χ0n) is 29.7. The fraction of sp³-hybridized carbons (Fsp3) is 0.600. The first kappa shape index (κ1) is 13.6. The van der Waals surface area contributed by atoms with Gasteiger partial charge in [-0.1, -0.05) is 31.3 Å². The van der Waals surface area contributed by atoms with Crippen LogP contribution in [0.15, 0.2) is 24.2 Å². The molecule has 2 N–H and O–H groups in total. The summed E-state index contributed by atoms with van der Waals surface area (Å²) in [6.45, 7) is -1.87. The number of likely N-dealkylation sites (tertiary alicyclic amines) is 1. The molecule has 3 rings (SSSR count). The average Bonchev–Trinajstić information content (AvgIpc) is 2.89. The molecule has 0 bridgehead atoms. The molecule has 1 saturated heterocycles. The number of ether oxygens (including phenoxy) is 1. The van der Waals surface area contributed by atoms with Gasteiger partial charge in [-0.2, -0.15) is 5.26 Å². The van der Waals surface area contributed by atoms with Gasteiger partial charge in [0.1, 0.15) is 17.7 Å². The van der Waals surface area contributed by atoms with Crippen molar-refractivity contribution in [2.24, 2.45) is 5.92 Å². The summed E-state index contributed by atoms with van der Waals surface area (Å²) in [5.41, 5.74) is -2.70. The molecule has 1 heterocycles. The molecule has 0 aromatic heterocycles. The van der Waals surface area contributed by atoms with E-state index in [1.807, 2.05) is 0 Å². The Kier molecular flexibility index (Phi) is 4.40. The summed E-state index contributed by atoms with van der Waals surface area (Å²) in [5.74, 6) is -3.75. The molecule has 1 aliphatic carbocycles. The highest BCUT2D eigenvalue weighted by molar-refractivity contribution is 5.93. The molecule has 1 aliphatic heterocycles. The minimum absolute atomic E-state index is 0.00980. The van der Waals surface area contributed by atoms with Crippen LogP contribution in [0.3, 0.4) is 0 Å². The molecule has 2 atom stereocenters. The van der Waals surface area contributed by atoms with E-state index in [0.29, 0.717) is 25.7 Å². The number of carbonyl (C=O) groups excluding carboxylic acids is 3. The number of nitriles is 1. The maximum absolute atomic E-state index is 14.0. The van der Waals surface area contributed by atoms with Gasteiger partial charge in [-0.05, 0) is 63.6 Å². The van der Waals surface area contributed by atoms with Crippen molar-refractivity contribution in [3.05, 3.63) is 35.3 Å². The Morgan fingerprint density at radius 3 is 2.58 bits per heavy atom. The second kappa shape index (κ2) is 10.7. The van der Waals surface area contributed by atoms with E-state index in [9.17, 15) is 19.6 Å². The summed E-state index contributed by atoms with van der Waals surface area (Å²) in [4.78, 5) is 40.2. The standard InChI is InChI=1S/C25H34N4O4/c1-25(2,3)33-24(32)28-21(19-7-5-4-6-8-19)23(31)29-14-13-20(29)22(30)27-16-18-11-9-17(15-26)10-12-18/h9-12,19-21H,4-8,13-14,16H2,1-3H3,(H,27,30)(H,28,32)/t20-,21+/m0/s1/i9D,10D,11D,12D,13D2,14D2,16D2,20D. The lowest BCUT2D eigenvalue weighted by molar-refractivity contribution is -0.150. The monoisotopic (exact) mass is 465 g/mol. The van der Waals surface area contributed by atoms with E-state index in [0.717, 1.165) is 6.42 Å².